The molecule has 0 fully saturated rings. The summed E-state index contributed by atoms with van der Waals surface area (Å²) >= 11 is 0. The molecule has 0 aromatic carbocycles. The van der Waals surface area contributed by atoms with Gasteiger partial charge in [-0.3, -0.25) is 14.4 Å². The first-order chi connectivity index (χ1) is 37.0. The topological polar surface area (TPSA) is 78.9 Å². The predicted octanol–water partition coefficient (Wildman–Crippen LogP) is 21.9. The third-order valence-corrected chi connectivity index (χ3v) is 13.9. The van der Waals surface area contributed by atoms with Gasteiger partial charge in [0.25, 0.3) is 0 Å². The lowest BCUT2D eigenvalue weighted by atomic mass is 10.0. The van der Waals surface area contributed by atoms with Crippen molar-refractivity contribution in [3.63, 3.8) is 0 Å². The van der Waals surface area contributed by atoms with Crippen LogP contribution in [0.4, 0.5) is 0 Å². The second-order valence-electron chi connectivity index (χ2n) is 21.3. The van der Waals surface area contributed by atoms with Crippen LogP contribution in [0.5, 0.6) is 0 Å². The van der Waals surface area contributed by atoms with Crippen LogP contribution in [0.2, 0.25) is 0 Å². The first-order valence-electron chi connectivity index (χ1n) is 32.1. The largest absolute Gasteiger partial charge is 0.462 e. The summed E-state index contributed by atoms with van der Waals surface area (Å²) in [6.45, 7) is 6.43. The molecule has 0 saturated carbocycles. The van der Waals surface area contributed by atoms with Gasteiger partial charge in [0.1, 0.15) is 13.2 Å². The Morgan fingerprint density at radius 1 is 0.280 bits per heavy atom. The van der Waals surface area contributed by atoms with Gasteiger partial charge in [-0.25, -0.2) is 0 Å². The molecule has 0 aliphatic carbocycles. The van der Waals surface area contributed by atoms with Gasteiger partial charge < -0.3 is 14.2 Å². The van der Waals surface area contributed by atoms with E-state index in [1.54, 1.807) is 0 Å². The zero-order valence-electron chi connectivity index (χ0n) is 49.6. The van der Waals surface area contributed by atoms with Gasteiger partial charge in [0.2, 0.25) is 0 Å². The molecule has 6 nitrogen and oxygen atoms in total. The number of carbonyl (C=O) groups is 3. The second-order valence-corrected chi connectivity index (χ2v) is 21.3. The molecule has 0 radical (unpaired) electrons. The number of ether oxygens (including phenoxy) is 3. The SMILES string of the molecule is CC/C=C\C/C=C\C/C=C\C/C=C\CCCCCCCCCCCCCCCCCCCCCCC(=O)OCC(COC(=O)CCCCCCC)OC(=O)CCCCCCCC/C=C\C/C=C\C/C=C\CCCCC. The minimum Gasteiger partial charge on any atom is -0.462 e. The van der Waals surface area contributed by atoms with Crippen LogP contribution in [0.25, 0.3) is 0 Å². The summed E-state index contributed by atoms with van der Waals surface area (Å²) in [5, 5.41) is 0. The molecular formula is C69H120O6. The highest BCUT2D eigenvalue weighted by atomic mass is 16.6. The predicted molar refractivity (Wildman–Crippen MR) is 325 cm³/mol. The number of unbranched alkanes of at least 4 members (excludes halogenated alkanes) is 33. The van der Waals surface area contributed by atoms with Gasteiger partial charge in [-0.15, -0.1) is 0 Å². The molecule has 1 unspecified atom stereocenters. The highest BCUT2D eigenvalue weighted by Gasteiger charge is 2.19. The summed E-state index contributed by atoms with van der Waals surface area (Å²) in [6, 6.07) is 0. The van der Waals surface area contributed by atoms with Crippen molar-refractivity contribution in [1.82, 2.24) is 0 Å². The van der Waals surface area contributed by atoms with Gasteiger partial charge in [0.15, 0.2) is 6.10 Å². The van der Waals surface area contributed by atoms with E-state index in [1.165, 1.54) is 161 Å². The fourth-order valence-electron chi connectivity index (χ4n) is 9.09. The molecule has 0 amide bonds. The van der Waals surface area contributed by atoms with E-state index >= 15 is 0 Å². The third-order valence-electron chi connectivity index (χ3n) is 13.9. The molecule has 0 heterocycles. The standard InChI is InChI=1S/C69H120O6/c1-4-7-10-13-15-17-19-21-23-25-27-28-29-30-31-32-33-34-35-36-37-38-39-40-42-43-45-47-49-51-53-56-59-62-68(71)74-65-66(64-73-67(70)61-58-55-12-9-6-3)75-69(72)63-60-57-54-52-50-48-46-44-41-26-24-22-20-18-16-14-11-8-5-2/h7,10,15-18,21-24,27-28,41,44,66H,4-6,8-9,11-14,19-20,25-26,29-40,42-43,45-65H2,1-3H3/b10-7-,17-15-,18-16-,23-21-,24-22-,28-27-,44-41-. The van der Waals surface area contributed by atoms with Crippen molar-refractivity contribution < 1.29 is 28.6 Å². The average molecular weight is 1050 g/mol. The van der Waals surface area contributed by atoms with E-state index in [9.17, 15) is 14.4 Å². The normalized spacial score (nSPS) is 12.6. The first kappa shape index (κ1) is 71.6. The molecule has 432 valence electrons. The molecule has 0 bridgehead atoms. The van der Waals surface area contributed by atoms with Crippen LogP contribution in [-0.4, -0.2) is 37.2 Å². The summed E-state index contributed by atoms with van der Waals surface area (Å²) < 4.78 is 16.8. The number of hydrogen-bond acceptors (Lipinski definition) is 6. The van der Waals surface area contributed by atoms with Crippen LogP contribution in [0.3, 0.4) is 0 Å². The van der Waals surface area contributed by atoms with Crippen molar-refractivity contribution in [2.24, 2.45) is 0 Å². The Labute approximate surface area is 465 Å². The molecule has 0 aromatic rings. The van der Waals surface area contributed by atoms with E-state index in [4.69, 9.17) is 14.2 Å². The molecule has 0 N–H and O–H groups in total. The lowest BCUT2D eigenvalue weighted by molar-refractivity contribution is -0.167. The molecule has 75 heavy (non-hydrogen) atoms. The van der Waals surface area contributed by atoms with E-state index in [0.717, 1.165) is 116 Å². The van der Waals surface area contributed by atoms with Crippen LogP contribution in [0, 0.1) is 0 Å². The summed E-state index contributed by atoms with van der Waals surface area (Å²) in [5.41, 5.74) is 0. The highest BCUT2D eigenvalue weighted by molar-refractivity contribution is 5.71. The second kappa shape index (κ2) is 63.1. The molecule has 0 rings (SSSR count). The van der Waals surface area contributed by atoms with E-state index in [-0.39, 0.29) is 31.1 Å². The van der Waals surface area contributed by atoms with Crippen molar-refractivity contribution in [1.29, 1.82) is 0 Å². The van der Waals surface area contributed by atoms with Crippen LogP contribution >= 0.6 is 0 Å². The fraction of sp³-hybridized carbons (Fsp3) is 0.754. The zero-order valence-corrected chi connectivity index (χ0v) is 49.6. The molecule has 0 aromatic heterocycles. The smallest absolute Gasteiger partial charge is 0.306 e. The Kier molecular flexibility index (Phi) is 60.3. The van der Waals surface area contributed by atoms with Gasteiger partial charge in [0, 0.05) is 19.3 Å². The third kappa shape index (κ3) is 61.3. The van der Waals surface area contributed by atoms with Crippen molar-refractivity contribution in [2.45, 2.75) is 322 Å². The van der Waals surface area contributed by atoms with Crippen LogP contribution in [-0.2, 0) is 28.6 Å². The molecule has 6 heteroatoms. The quantitative estimate of drug-likeness (QED) is 0.0261. The minimum absolute atomic E-state index is 0.0784. The van der Waals surface area contributed by atoms with Crippen LogP contribution in [0.1, 0.15) is 316 Å². The Morgan fingerprint density at radius 3 is 0.840 bits per heavy atom. The molecule has 1 atom stereocenters. The van der Waals surface area contributed by atoms with Gasteiger partial charge in [-0.2, -0.15) is 0 Å². The van der Waals surface area contributed by atoms with Gasteiger partial charge in [-0.1, -0.05) is 286 Å². The van der Waals surface area contributed by atoms with E-state index in [0.29, 0.717) is 19.3 Å². The fourth-order valence-corrected chi connectivity index (χ4v) is 9.09. The van der Waals surface area contributed by atoms with Crippen LogP contribution < -0.4 is 0 Å². The average Bonchev–Trinajstić information content (AvgIpc) is 3.41. The van der Waals surface area contributed by atoms with Gasteiger partial charge in [-0.05, 0) is 96.3 Å². The minimum atomic E-state index is -0.778. The van der Waals surface area contributed by atoms with Gasteiger partial charge in [0.05, 0.1) is 0 Å². The summed E-state index contributed by atoms with van der Waals surface area (Å²) in [7, 11) is 0. The lowest BCUT2D eigenvalue weighted by Crippen LogP contribution is -2.30. The Hall–Kier alpha value is -3.41. The van der Waals surface area contributed by atoms with Crippen molar-refractivity contribution in [3.05, 3.63) is 85.1 Å². The Morgan fingerprint density at radius 2 is 0.520 bits per heavy atom. The number of rotatable bonds is 58. The number of carbonyl (C=O) groups excluding carboxylic acids is 3. The van der Waals surface area contributed by atoms with Gasteiger partial charge >= 0.3 is 17.9 Å². The first-order valence-corrected chi connectivity index (χ1v) is 32.1. The van der Waals surface area contributed by atoms with Crippen LogP contribution in [0.15, 0.2) is 85.1 Å². The van der Waals surface area contributed by atoms with E-state index in [2.05, 4.69) is 106 Å². The summed E-state index contributed by atoms with van der Waals surface area (Å²) in [5.74, 6) is -0.894. The van der Waals surface area contributed by atoms with E-state index < -0.39 is 6.10 Å². The Balaban J connectivity index is 3.96. The lowest BCUT2D eigenvalue weighted by Gasteiger charge is -2.18. The number of hydrogen-bond donors (Lipinski definition) is 0. The molecule has 0 spiro atoms. The Bertz CT molecular complexity index is 1430. The highest BCUT2D eigenvalue weighted by Crippen LogP contribution is 2.17. The molecule has 0 aliphatic rings. The molecular weight excluding hydrogens is 925 g/mol. The monoisotopic (exact) mass is 1040 g/mol. The maximum Gasteiger partial charge on any atom is 0.306 e. The number of esters is 3. The molecule has 0 aliphatic heterocycles. The maximum absolute atomic E-state index is 12.8. The summed E-state index contributed by atoms with van der Waals surface area (Å²) in [4.78, 5) is 37.9. The van der Waals surface area contributed by atoms with Crippen molar-refractivity contribution >= 4 is 17.9 Å². The number of allylic oxidation sites excluding steroid dienone is 14. The van der Waals surface area contributed by atoms with Crippen molar-refractivity contribution in [3.8, 4) is 0 Å². The van der Waals surface area contributed by atoms with Crippen molar-refractivity contribution in [2.75, 3.05) is 13.2 Å². The van der Waals surface area contributed by atoms with E-state index in [1.807, 2.05) is 0 Å². The molecule has 0 saturated heterocycles. The zero-order chi connectivity index (χ0) is 54.3. The maximum atomic E-state index is 12.8. The summed E-state index contributed by atoms with van der Waals surface area (Å²) in [6.07, 6.45) is 83.7.